The van der Waals surface area contributed by atoms with Gasteiger partial charge in [0.25, 0.3) is 5.91 Å². The molecule has 2 saturated heterocycles. The van der Waals surface area contributed by atoms with E-state index in [0.717, 1.165) is 50.4 Å². The molecule has 32 heavy (non-hydrogen) atoms. The predicted molar refractivity (Wildman–Crippen MR) is 126 cm³/mol. The number of amides is 1. The largest absolute Gasteiger partial charge is 0.370 e. The van der Waals surface area contributed by atoms with E-state index in [9.17, 15) is 9.18 Å². The molecule has 0 bridgehead atoms. The fraction of sp³-hybridized carbons (Fsp3) is 0.542. The van der Waals surface area contributed by atoms with Gasteiger partial charge in [0.1, 0.15) is 5.69 Å². The van der Waals surface area contributed by atoms with Crippen LogP contribution in [0, 0.1) is 11.5 Å². The van der Waals surface area contributed by atoms with Crippen LogP contribution in [0.1, 0.15) is 51.0 Å². The Hall–Kier alpha value is -2.74. The van der Waals surface area contributed by atoms with E-state index in [1.54, 1.807) is 0 Å². The van der Waals surface area contributed by atoms with Crippen molar-refractivity contribution in [1.82, 2.24) is 15.3 Å². The maximum Gasteiger partial charge on any atom is 0.309 e. The van der Waals surface area contributed by atoms with Crippen LogP contribution in [-0.2, 0) is 0 Å². The highest BCUT2D eigenvalue weighted by Gasteiger charge is 2.28. The number of piperidine rings is 1. The monoisotopic (exact) mass is 440 g/mol. The second-order valence-corrected chi connectivity index (χ2v) is 9.89. The number of piperazine rings is 1. The standard InChI is InChI=1S/C24H33FN6O/c1-16-14-31(15-17(2)27-16)18-5-6-19(28-22(32)20-7-10-26-23(25)29-20)21(13-18)30-11-8-24(3,4)9-12-30/h5-7,10,13,16-17,27H,8-9,11-12,14-15H2,1-4H3,(H,28,32). The number of halogens is 1. The van der Waals surface area contributed by atoms with Crippen molar-refractivity contribution in [1.29, 1.82) is 0 Å². The van der Waals surface area contributed by atoms with Crippen molar-refractivity contribution in [3.05, 3.63) is 42.2 Å². The SMILES string of the molecule is CC1CN(c2ccc(NC(=O)c3ccnc(F)n3)c(N3CCC(C)(C)CC3)c2)CC(C)N1. The second-order valence-electron chi connectivity index (χ2n) is 9.89. The van der Waals surface area contributed by atoms with Crippen LogP contribution in [0.25, 0.3) is 0 Å². The highest BCUT2D eigenvalue weighted by molar-refractivity contribution is 6.04. The van der Waals surface area contributed by atoms with Crippen LogP contribution in [0.15, 0.2) is 30.5 Å². The minimum Gasteiger partial charge on any atom is -0.370 e. The average molecular weight is 441 g/mol. The topological polar surface area (TPSA) is 73.4 Å². The van der Waals surface area contributed by atoms with E-state index < -0.39 is 12.0 Å². The smallest absolute Gasteiger partial charge is 0.309 e. The Balaban J connectivity index is 1.63. The first kappa shape index (κ1) is 22.5. The van der Waals surface area contributed by atoms with Crippen molar-refractivity contribution in [2.75, 3.05) is 41.3 Å². The molecule has 8 heteroatoms. The van der Waals surface area contributed by atoms with Gasteiger partial charge < -0.3 is 20.4 Å². The fourth-order valence-electron chi connectivity index (χ4n) is 4.62. The van der Waals surface area contributed by atoms with E-state index in [1.807, 2.05) is 6.07 Å². The van der Waals surface area contributed by atoms with E-state index >= 15 is 0 Å². The van der Waals surface area contributed by atoms with Gasteiger partial charge in [0.05, 0.1) is 11.4 Å². The second kappa shape index (κ2) is 9.02. The number of hydrogen-bond donors (Lipinski definition) is 2. The van der Waals surface area contributed by atoms with Crippen molar-refractivity contribution in [2.24, 2.45) is 5.41 Å². The molecule has 2 fully saturated rings. The summed E-state index contributed by atoms with van der Waals surface area (Å²) in [7, 11) is 0. The van der Waals surface area contributed by atoms with Crippen molar-refractivity contribution < 1.29 is 9.18 Å². The highest BCUT2D eigenvalue weighted by Crippen LogP contribution is 2.37. The molecule has 7 nitrogen and oxygen atoms in total. The lowest BCUT2D eigenvalue weighted by Crippen LogP contribution is -2.54. The van der Waals surface area contributed by atoms with Crippen LogP contribution in [0.2, 0.25) is 0 Å². The van der Waals surface area contributed by atoms with Gasteiger partial charge in [-0.3, -0.25) is 4.79 Å². The number of nitrogens with one attached hydrogen (secondary N) is 2. The first-order chi connectivity index (χ1) is 15.2. The van der Waals surface area contributed by atoms with E-state index in [1.165, 1.54) is 12.3 Å². The van der Waals surface area contributed by atoms with Crippen LogP contribution in [-0.4, -0.2) is 54.1 Å². The maximum absolute atomic E-state index is 13.4. The van der Waals surface area contributed by atoms with Gasteiger partial charge in [-0.15, -0.1) is 0 Å². The van der Waals surface area contributed by atoms with E-state index in [2.05, 4.69) is 70.2 Å². The van der Waals surface area contributed by atoms with Gasteiger partial charge in [-0.05, 0) is 56.4 Å². The third-order valence-electron chi connectivity index (χ3n) is 6.47. The van der Waals surface area contributed by atoms with Crippen molar-refractivity contribution in [2.45, 2.75) is 52.6 Å². The number of hydrogen-bond acceptors (Lipinski definition) is 6. The minimum atomic E-state index is -0.909. The van der Waals surface area contributed by atoms with Crippen LogP contribution >= 0.6 is 0 Å². The Morgan fingerprint density at radius 1 is 1.12 bits per heavy atom. The predicted octanol–water partition coefficient (Wildman–Crippen LogP) is 3.68. The van der Waals surface area contributed by atoms with Gasteiger partial charge in [0.15, 0.2) is 0 Å². The molecule has 172 valence electrons. The molecule has 1 amide bonds. The summed E-state index contributed by atoms with van der Waals surface area (Å²) in [5.74, 6) is -0.443. The summed E-state index contributed by atoms with van der Waals surface area (Å²) < 4.78 is 13.4. The molecular weight excluding hydrogens is 407 g/mol. The summed E-state index contributed by atoms with van der Waals surface area (Å²) in [6, 6.07) is 8.42. The Morgan fingerprint density at radius 2 is 1.81 bits per heavy atom. The molecule has 0 radical (unpaired) electrons. The number of rotatable bonds is 4. The van der Waals surface area contributed by atoms with Crippen molar-refractivity contribution in [3.8, 4) is 0 Å². The summed E-state index contributed by atoms with van der Waals surface area (Å²) in [4.78, 5) is 24.6. The molecule has 1 aromatic carbocycles. The summed E-state index contributed by atoms with van der Waals surface area (Å²) in [6.45, 7) is 12.7. The van der Waals surface area contributed by atoms with Crippen LogP contribution < -0.4 is 20.4 Å². The Bertz CT molecular complexity index is 961. The molecule has 4 rings (SSSR count). The van der Waals surface area contributed by atoms with E-state index in [-0.39, 0.29) is 5.69 Å². The third kappa shape index (κ3) is 5.18. The number of carbonyl (C=O) groups is 1. The van der Waals surface area contributed by atoms with Crippen LogP contribution in [0.3, 0.4) is 0 Å². The molecule has 2 atom stereocenters. The lowest BCUT2D eigenvalue weighted by Gasteiger charge is -2.40. The van der Waals surface area contributed by atoms with Crippen LogP contribution in [0.5, 0.6) is 0 Å². The molecule has 2 aromatic rings. The fourth-order valence-corrected chi connectivity index (χ4v) is 4.62. The normalized spacial score (nSPS) is 23.2. The molecule has 3 heterocycles. The summed E-state index contributed by atoms with van der Waals surface area (Å²) >= 11 is 0. The Morgan fingerprint density at radius 3 is 2.47 bits per heavy atom. The zero-order valence-electron chi connectivity index (χ0n) is 19.4. The van der Waals surface area contributed by atoms with Gasteiger partial charge >= 0.3 is 6.08 Å². The molecule has 0 saturated carbocycles. The lowest BCUT2D eigenvalue weighted by molar-refractivity contribution is 0.102. The molecule has 0 spiro atoms. The first-order valence-electron chi connectivity index (χ1n) is 11.4. The zero-order chi connectivity index (χ0) is 22.9. The Kier molecular flexibility index (Phi) is 6.33. The minimum absolute atomic E-state index is 0.0112. The summed E-state index contributed by atoms with van der Waals surface area (Å²) in [5.41, 5.74) is 3.20. The molecule has 2 unspecified atom stereocenters. The molecule has 2 aliphatic rings. The van der Waals surface area contributed by atoms with Gasteiger partial charge in [0, 0.05) is 50.1 Å². The number of nitrogens with zero attached hydrogens (tertiary/aromatic N) is 4. The van der Waals surface area contributed by atoms with Gasteiger partial charge in [-0.1, -0.05) is 13.8 Å². The third-order valence-corrected chi connectivity index (χ3v) is 6.47. The molecular formula is C24H33FN6O. The quantitative estimate of drug-likeness (QED) is 0.707. The van der Waals surface area contributed by atoms with Crippen molar-refractivity contribution >= 4 is 23.0 Å². The van der Waals surface area contributed by atoms with Gasteiger partial charge in [0.2, 0.25) is 0 Å². The van der Waals surface area contributed by atoms with E-state index in [0.29, 0.717) is 23.2 Å². The molecule has 1 aromatic heterocycles. The molecule has 0 aliphatic carbocycles. The van der Waals surface area contributed by atoms with Gasteiger partial charge in [-0.2, -0.15) is 9.37 Å². The van der Waals surface area contributed by atoms with Crippen LogP contribution in [0.4, 0.5) is 21.5 Å². The van der Waals surface area contributed by atoms with Crippen molar-refractivity contribution in [3.63, 3.8) is 0 Å². The maximum atomic E-state index is 13.4. The summed E-state index contributed by atoms with van der Waals surface area (Å²) in [5, 5.41) is 6.53. The molecule has 2 N–H and O–H groups in total. The number of carbonyl (C=O) groups excluding carboxylic acids is 1. The Labute approximate surface area is 189 Å². The number of benzene rings is 1. The lowest BCUT2D eigenvalue weighted by atomic mass is 9.82. The zero-order valence-corrected chi connectivity index (χ0v) is 19.4. The highest BCUT2D eigenvalue weighted by atomic mass is 19.1. The van der Waals surface area contributed by atoms with E-state index in [4.69, 9.17) is 0 Å². The summed E-state index contributed by atoms with van der Waals surface area (Å²) in [6.07, 6.45) is 2.52. The first-order valence-corrected chi connectivity index (χ1v) is 11.4. The molecule has 2 aliphatic heterocycles. The van der Waals surface area contributed by atoms with Gasteiger partial charge in [-0.25, -0.2) is 4.98 Å². The number of aromatic nitrogens is 2. The average Bonchev–Trinajstić information content (AvgIpc) is 2.73. The number of anilines is 3.